The van der Waals surface area contributed by atoms with Gasteiger partial charge in [0.2, 0.25) is 0 Å². The summed E-state index contributed by atoms with van der Waals surface area (Å²) in [5.41, 5.74) is 1.53. The van der Waals surface area contributed by atoms with Crippen molar-refractivity contribution in [3.05, 3.63) is 23.9 Å². The lowest BCUT2D eigenvalue weighted by Crippen LogP contribution is -2.23. The second kappa shape index (κ2) is 5.70. The largest absolute Gasteiger partial charge is 0.371 e. The van der Waals surface area contributed by atoms with Gasteiger partial charge in [0, 0.05) is 34.2 Å². The smallest absolute Gasteiger partial charge is 0.0983 e. The summed E-state index contributed by atoms with van der Waals surface area (Å²) in [5.74, 6) is 0. The summed E-state index contributed by atoms with van der Waals surface area (Å²) < 4.78 is 0. The Morgan fingerprint density at radius 2 is 2.13 bits per heavy atom. The second-order valence-electron chi connectivity index (χ2n) is 5.14. The normalized spacial score (nSPS) is 16.8. The molecule has 0 radical (unpaired) electrons. The van der Waals surface area contributed by atoms with Gasteiger partial charge in [0.25, 0.3) is 0 Å². The highest BCUT2D eigenvalue weighted by Crippen LogP contribution is 2.53. The maximum Gasteiger partial charge on any atom is 0.0983 e. The van der Waals surface area contributed by atoms with Crippen molar-refractivity contribution in [2.24, 2.45) is 0 Å². The molecule has 0 atom stereocenters. The minimum Gasteiger partial charge on any atom is -0.371 e. The molecule has 0 saturated heterocycles. The van der Waals surface area contributed by atoms with Gasteiger partial charge in [-0.1, -0.05) is 25.5 Å². The number of allylic oxidation sites excluding steroid dienone is 3. The van der Waals surface area contributed by atoms with Crippen LogP contribution in [0.15, 0.2) is 23.9 Å². The predicted octanol–water partition coefficient (Wildman–Crippen LogP) is 3.45. The fraction of sp³-hybridized carbons (Fsp3) is 0.692. The lowest BCUT2D eigenvalue weighted by Gasteiger charge is -2.27. The Balaban J connectivity index is 2.51. The van der Waals surface area contributed by atoms with Crippen molar-refractivity contribution >= 4 is 7.26 Å². The van der Waals surface area contributed by atoms with Crippen LogP contribution in [0.25, 0.3) is 0 Å². The SMILES string of the molecule is CCCC[P+](C)(C)CC1=CC=CCN1C. The van der Waals surface area contributed by atoms with Crippen LogP contribution >= 0.6 is 7.26 Å². The quantitative estimate of drug-likeness (QED) is 0.649. The van der Waals surface area contributed by atoms with Crippen LogP contribution in [0.1, 0.15) is 19.8 Å². The van der Waals surface area contributed by atoms with Crippen LogP contribution in [0, 0.1) is 0 Å². The van der Waals surface area contributed by atoms with Crippen LogP contribution in [0.4, 0.5) is 0 Å². The van der Waals surface area contributed by atoms with Crippen LogP contribution < -0.4 is 0 Å². The van der Waals surface area contributed by atoms with E-state index in [1.54, 1.807) is 0 Å². The van der Waals surface area contributed by atoms with E-state index in [0.717, 1.165) is 6.54 Å². The van der Waals surface area contributed by atoms with Gasteiger partial charge in [0.15, 0.2) is 0 Å². The van der Waals surface area contributed by atoms with E-state index in [-0.39, 0.29) is 0 Å². The molecule has 2 heteroatoms. The first kappa shape index (κ1) is 12.8. The molecule has 0 bridgehead atoms. The van der Waals surface area contributed by atoms with E-state index in [1.807, 2.05) is 0 Å². The maximum atomic E-state index is 2.50. The van der Waals surface area contributed by atoms with Crippen molar-refractivity contribution in [1.82, 2.24) is 4.90 Å². The molecule has 1 heterocycles. The molecule has 1 aliphatic heterocycles. The molecule has 0 unspecified atom stereocenters. The predicted molar refractivity (Wildman–Crippen MR) is 73.3 cm³/mol. The molecule has 0 spiro atoms. The number of nitrogens with zero attached hydrogens (tertiary/aromatic N) is 1. The first-order valence-electron chi connectivity index (χ1n) is 5.94. The van der Waals surface area contributed by atoms with Gasteiger partial charge >= 0.3 is 0 Å². The Hall–Kier alpha value is -0.290. The van der Waals surface area contributed by atoms with Crippen molar-refractivity contribution in [2.75, 3.05) is 39.2 Å². The molecule has 86 valence electrons. The maximum absolute atomic E-state index is 2.50. The summed E-state index contributed by atoms with van der Waals surface area (Å²) in [4.78, 5) is 2.38. The topological polar surface area (TPSA) is 3.24 Å². The summed E-state index contributed by atoms with van der Waals surface area (Å²) in [6.45, 7) is 8.36. The molecule has 0 aromatic rings. The second-order valence-corrected chi connectivity index (χ2v) is 9.77. The van der Waals surface area contributed by atoms with Gasteiger partial charge in [-0.2, -0.15) is 0 Å². The number of hydrogen-bond donors (Lipinski definition) is 0. The van der Waals surface area contributed by atoms with Gasteiger partial charge in [0.1, 0.15) is 0 Å². The molecule has 0 saturated carbocycles. The molecule has 0 amide bonds. The minimum absolute atomic E-state index is 0.709. The van der Waals surface area contributed by atoms with Gasteiger partial charge < -0.3 is 4.90 Å². The third-order valence-electron chi connectivity index (χ3n) is 3.00. The average Bonchev–Trinajstić information content (AvgIpc) is 2.18. The van der Waals surface area contributed by atoms with Crippen molar-refractivity contribution < 1.29 is 0 Å². The Morgan fingerprint density at radius 1 is 1.40 bits per heavy atom. The zero-order valence-electron chi connectivity index (χ0n) is 10.7. The van der Waals surface area contributed by atoms with Crippen molar-refractivity contribution in [2.45, 2.75) is 19.8 Å². The summed E-state index contributed by atoms with van der Waals surface area (Å²) in [5, 5.41) is 0. The fourth-order valence-corrected chi connectivity index (χ4v) is 4.47. The fourth-order valence-electron chi connectivity index (χ4n) is 1.92. The Bertz CT molecular complexity index is 253. The first-order valence-corrected chi connectivity index (χ1v) is 8.99. The molecule has 15 heavy (non-hydrogen) atoms. The molecule has 1 nitrogen and oxygen atoms in total. The van der Waals surface area contributed by atoms with Crippen LogP contribution in [0.3, 0.4) is 0 Å². The standard InChI is InChI=1S/C13H25NP/c1-5-6-11-15(3,4)12-13-9-7-8-10-14(13)2/h7-9H,5-6,10-12H2,1-4H3/q+1. The molecule has 0 aromatic carbocycles. The van der Waals surface area contributed by atoms with E-state index in [4.69, 9.17) is 0 Å². The number of likely N-dealkylation sites (N-methyl/N-ethyl adjacent to an activating group) is 1. The number of rotatable bonds is 5. The molecule has 1 rings (SSSR count). The van der Waals surface area contributed by atoms with Gasteiger partial charge in [-0.15, -0.1) is 0 Å². The highest BCUT2D eigenvalue weighted by atomic mass is 31.2. The first-order chi connectivity index (χ1) is 7.05. The molecule has 0 N–H and O–H groups in total. The van der Waals surface area contributed by atoms with E-state index < -0.39 is 7.26 Å². The summed E-state index contributed by atoms with van der Waals surface area (Å²) >= 11 is 0. The zero-order chi connectivity index (χ0) is 11.3. The summed E-state index contributed by atoms with van der Waals surface area (Å²) in [6, 6.07) is 0. The van der Waals surface area contributed by atoms with Crippen LogP contribution in [-0.4, -0.2) is 44.1 Å². The van der Waals surface area contributed by atoms with Gasteiger partial charge in [0.05, 0.1) is 18.0 Å². The Morgan fingerprint density at radius 3 is 2.73 bits per heavy atom. The van der Waals surface area contributed by atoms with Gasteiger partial charge in [-0.05, 0) is 12.5 Å². The molecule has 0 aliphatic carbocycles. The van der Waals surface area contributed by atoms with E-state index in [0.29, 0.717) is 0 Å². The van der Waals surface area contributed by atoms with Crippen molar-refractivity contribution in [1.29, 1.82) is 0 Å². The molecule has 0 aromatic heterocycles. The molecule has 0 fully saturated rings. The summed E-state index contributed by atoms with van der Waals surface area (Å²) in [6.07, 6.45) is 12.2. The minimum atomic E-state index is -0.709. The van der Waals surface area contributed by atoms with E-state index in [1.165, 1.54) is 30.9 Å². The lowest BCUT2D eigenvalue weighted by molar-refractivity contribution is 0.462. The van der Waals surface area contributed by atoms with Crippen molar-refractivity contribution in [3.63, 3.8) is 0 Å². The van der Waals surface area contributed by atoms with E-state index in [9.17, 15) is 0 Å². The van der Waals surface area contributed by atoms with Gasteiger partial charge in [-0.25, -0.2) is 0 Å². The van der Waals surface area contributed by atoms with Gasteiger partial charge in [-0.3, -0.25) is 0 Å². The van der Waals surface area contributed by atoms with Crippen LogP contribution in [0.5, 0.6) is 0 Å². The van der Waals surface area contributed by atoms with E-state index in [2.05, 4.69) is 50.4 Å². The Labute approximate surface area is 95.6 Å². The number of hydrogen-bond acceptors (Lipinski definition) is 1. The van der Waals surface area contributed by atoms with Crippen molar-refractivity contribution in [3.8, 4) is 0 Å². The molecular weight excluding hydrogens is 201 g/mol. The average molecular weight is 226 g/mol. The summed E-state index contributed by atoms with van der Waals surface area (Å²) in [7, 11) is 1.49. The number of unbranched alkanes of at least 4 members (excludes halogenated alkanes) is 1. The lowest BCUT2D eigenvalue weighted by atomic mass is 10.3. The third kappa shape index (κ3) is 4.38. The monoisotopic (exact) mass is 226 g/mol. The Kier molecular flexibility index (Phi) is 4.86. The highest BCUT2D eigenvalue weighted by Gasteiger charge is 2.27. The zero-order valence-corrected chi connectivity index (χ0v) is 11.6. The third-order valence-corrected chi connectivity index (χ3v) is 5.71. The molecule has 1 aliphatic rings. The molecular formula is C13H25NP+. The van der Waals surface area contributed by atoms with Crippen LogP contribution in [0.2, 0.25) is 0 Å². The highest BCUT2D eigenvalue weighted by molar-refractivity contribution is 7.74. The van der Waals surface area contributed by atoms with Crippen LogP contribution in [-0.2, 0) is 0 Å². The van der Waals surface area contributed by atoms with E-state index >= 15 is 0 Å².